The lowest BCUT2D eigenvalue weighted by Crippen LogP contribution is -2.30. The van der Waals surface area contributed by atoms with E-state index in [1.165, 1.54) is 20.3 Å². The first-order chi connectivity index (χ1) is 20.8. The third-order valence-corrected chi connectivity index (χ3v) is 6.51. The van der Waals surface area contributed by atoms with Crippen LogP contribution in [0, 0.1) is 0 Å². The molecule has 0 aliphatic rings. The first-order valence-corrected chi connectivity index (χ1v) is 13.5. The van der Waals surface area contributed by atoms with Crippen molar-refractivity contribution in [3.63, 3.8) is 0 Å². The van der Waals surface area contributed by atoms with Crippen molar-refractivity contribution in [1.82, 2.24) is 5.32 Å². The van der Waals surface area contributed by atoms with E-state index in [1.54, 1.807) is 84.9 Å². The number of benzene rings is 4. The van der Waals surface area contributed by atoms with Gasteiger partial charge in [0.05, 0.1) is 14.2 Å². The molecule has 0 atom stereocenters. The number of allylic oxidation sites excluding steroid dienone is 1. The Kier molecular flexibility index (Phi) is 10.1. The molecule has 0 unspecified atom stereocenters. The summed E-state index contributed by atoms with van der Waals surface area (Å²) in [5.74, 6) is -0.138. The van der Waals surface area contributed by atoms with E-state index in [4.69, 9.17) is 9.47 Å². The number of carbonyl (C=O) groups excluding carboxylic acids is 3. The van der Waals surface area contributed by atoms with Crippen LogP contribution in [0.25, 0.3) is 12.2 Å². The van der Waals surface area contributed by atoms with Gasteiger partial charge in [-0.3, -0.25) is 14.4 Å². The Morgan fingerprint density at radius 2 is 1.37 bits per heavy atom. The lowest BCUT2D eigenvalue weighted by molar-refractivity contribution is -0.113. The Morgan fingerprint density at radius 3 is 2.00 bits per heavy atom. The van der Waals surface area contributed by atoms with Gasteiger partial charge in [-0.25, -0.2) is 0 Å². The highest BCUT2D eigenvalue weighted by Crippen LogP contribution is 2.28. The molecule has 4 aromatic rings. The summed E-state index contributed by atoms with van der Waals surface area (Å²) < 4.78 is 10.7. The Bertz CT molecular complexity index is 1640. The minimum atomic E-state index is -0.542. The van der Waals surface area contributed by atoms with Gasteiger partial charge in [0, 0.05) is 36.6 Å². The van der Waals surface area contributed by atoms with Crippen molar-refractivity contribution in [2.24, 2.45) is 0 Å². The Balaban J connectivity index is 1.51. The van der Waals surface area contributed by atoms with E-state index in [9.17, 15) is 14.4 Å². The number of carbonyl (C=O) groups is 3. The highest BCUT2D eigenvalue weighted by Gasteiger charge is 2.16. The first kappa shape index (κ1) is 30.3. The summed E-state index contributed by atoms with van der Waals surface area (Å²) >= 11 is 0. The molecule has 0 bridgehead atoms. The molecule has 0 aliphatic heterocycles. The second-order valence-electron chi connectivity index (χ2n) is 9.71. The molecule has 0 radical (unpaired) electrons. The standard InChI is InChI=1S/C35H33N3O5/c1-38(2)29-18-10-24(11-19-29)12-20-31(39)26-14-16-28(17-15-26)36-35(41)30(37-34(40)27-8-6-5-7-9-27)22-25-13-21-32(42-3)33(23-25)43-4/h5-23H,1-4H3,(H,36,41)(H,37,40)/b20-12+,30-22-. The van der Waals surface area contributed by atoms with Crippen LogP contribution in [0.3, 0.4) is 0 Å². The van der Waals surface area contributed by atoms with Crippen LogP contribution in [0.5, 0.6) is 11.5 Å². The highest BCUT2D eigenvalue weighted by atomic mass is 16.5. The smallest absolute Gasteiger partial charge is 0.272 e. The second kappa shape index (κ2) is 14.3. The number of ether oxygens (including phenoxy) is 2. The molecule has 0 aromatic heterocycles. The lowest BCUT2D eigenvalue weighted by Gasteiger charge is -2.13. The number of hydrogen-bond acceptors (Lipinski definition) is 6. The Morgan fingerprint density at radius 1 is 0.721 bits per heavy atom. The summed E-state index contributed by atoms with van der Waals surface area (Å²) in [6, 6.07) is 28.2. The maximum atomic E-state index is 13.4. The van der Waals surface area contributed by atoms with Gasteiger partial charge in [-0.15, -0.1) is 0 Å². The number of ketones is 1. The lowest BCUT2D eigenvalue weighted by atomic mass is 10.1. The van der Waals surface area contributed by atoms with Gasteiger partial charge in [0.25, 0.3) is 11.8 Å². The molecular weight excluding hydrogens is 542 g/mol. The van der Waals surface area contributed by atoms with Gasteiger partial charge in [0.1, 0.15) is 5.70 Å². The molecule has 0 heterocycles. The van der Waals surface area contributed by atoms with E-state index in [1.807, 2.05) is 43.3 Å². The van der Waals surface area contributed by atoms with Gasteiger partial charge >= 0.3 is 0 Å². The van der Waals surface area contributed by atoms with Crippen LogP contribution in [0.1, 0.15) is 31.8 Å². The molecule has 0 spiro atoms. The van der Waals surface area contributed by atoms with E-state index in [2.05, 4.69) is 10.6 Å². The van der Waals surface area contributed by atoms with Gasteiger partial charge < -0.3 is 25.0 Å². The second-order valence-corrected chi connectivity index (χ2v) is 9.71. The normalized spacial score (nSPS) is 11.1. The van der Waals surface area contributed by atoms with Gasteiger partial charge in [0.2, 0.25) is 0 Å². The monoisotopic (exact) mass is 575 g/mol. The predicted octanol–water partition coefficient (Wildman–Crippen LogP) is 6.08. The van der Waals surface area contributed by atoms with E-state index < -0.39 is 11.8 Å². The van der Waals surface area contributed by atoms with Crippen molar-refractivity contribution in [2.75, 3.05) is 38.5 Å². The largest absolute Gasteiger partial charge is 0.493 e. The van der Waals surface area contributed by atoms with Crippen molar-refractivity contribution in [2.45, 2.75) is 0 Å². The van der Waals surface area contributed by atoms with E-state index >= 15 is 0 Å². The van der Waals surface area contributed by atoms with E-state index in [-0.39, 0.29) is 11.5 Å². The zero-order valence-corrected chi connectivity index (χ0v) is 24.5. The van der Waals surface area contributed by atoms with Crippen LogP contribution in [0.4, 0.5) is 11.4 Å². The highest BCUT2D eigenvalue weighted by molar-refractivity contribution is 6.11. The number of methoxy groups -OCH3 is 2. The van der Waals surface area contributed by atoms with Crippen LogP contribution in [0.2, 0.25) is 0 Å². The summed E-state index contributed by atoms with van der Waals surface area (Å²) in [6.07, 6.45) is 4.82. The number of nitrogens with one attached hydrogen (secondary N) is 2. The maximum absolute atomic E-state index is 13.4. The molecule has 2 amide bonds. The maximum Gasteiger partial charge on any atom is 0.272 e. The average molecular weight is 576 g/mol. The summed E-state index contributed by atoms with van der Waals surface area (Å²) in [4.78, 5) is 41.0. The molecule has 43 heavy (non-hydrogen) atoms. The SMILES string of the molecule is COc1ccc(/C=C(\NC(=O)c2ccccc2)C(=O)Nc2ccc(C(=O)/C=C/c3ccc(N(C)C)cc3)cc2)cc1OC. The zero-order valence-electron chi connectivity index (χ0n) is 24.5. The molecule has 0 saturated heterocycles. The summed E-state index contributed by atoms with van der Waals surface area (Å²) in [5, 5.41) is 5.51. The molecule has 8 heteroatoms. The van der Waals surface area contributed by atoms with Gasteiger partial charge in [0.15, 0.2) is 17.3 Å². The van der Waals surface area contributed by atoms with Gasteiger partial charge in [-0.1, -0.05) is 42.5 Å². The molecule has 0 fully saturated rings. The van der Waals surface area contributed by atoms with Gasteiger partial charge in [-0.05, 0) is 83.9 Å². The van der Waals surface area contributed by atoms with Crippen LogP contribution < -0.4 is 25.0 Å². The topological polar surface area (TPSA) is 97.0 Å². The number of hydrogen-bond donors (Lipinski definition) is 2. The zero-order chi connectivity index (χ0) is 30.8. The van der Waals surface area contributed by atoms with E-state index in [0.717, 1.165) is 11.3 Å². The summed E-state index contributed by atoms with van der Waals surface area (Å²) in [7, 11) is 6.99. The minimum Gasteiger partial charge on any atom is -0.493 e. The molecule has 4 rings (SSSR count). The van der Waals surface area contributed by atoms with Crippen molar-refractivity contribution >= 4 is 41.1 Å². The van der Waals surface area contributed by atoms with Crippen molar-refractivity contribution in [1.29, 1.82) is 0 Å². The number of rotatable bonds is 11. The minimum absolute atomic E-state index is 0.0180. The number of amides is 2. The fraction of sp³-hybridized carbons (Fsp3) is 0.114. The third kappa shape index (κ3) is 8.20. The third-order valence-electron chi connectivity index (χ3n) is 6.51. The van der Waals surface area contributed by atoms with Gasteiger partial charge in [-0.2, -0.15) is 0 Å². The molecule has 218 valence electrons. The number of nitrogens with zero attached hydrogens (tertiary/aromatic N) is 1. The molecule has 0 saturated carbocycles. The Labute approximate surface area is 251 Å². The summed E-state index contributed by atoms with van der Waals surface area (Å²) in [5.41, 5.74) is 3.94. The van der Waals surface area contributed by atoms with Crippen molar-refractivity contribution in [3.8, 4) is 11.5 Å². The molecule has 2 N–H and O–H groups in total. The quantitative estimate of drug-likeness (QED) is 0.166. The van der Waals surface area contributed by atoms with Crippen molar-refractivity contribution < 1.29 is 23.9 Å². The van der Waals surface area contributed by atoms with Crippen LogP contribution in [0.15, 0.2) is 109 Å². The Hall–Kier alpha value is -5.63. The molecule has 4 aromatic carbocycles. The summed E-state index contributed by atoms with van der Waals surface area (Å²) in [6.45, 7) is 0. The molecular formula is C35H33N3O5. The predicted molar refractivity (Wildman–Crippen MR) is 171 cm³/mol. The fourth-order valence-corrected chi connectivity index (χ4v) is 4.12. The van der Waals surface area contributed by atoms with Crippen LogP contribution >= 0.6 is 0 Å². The first-order valence-electron chi connectivity index (χ1n) is 13.5. The van der Waals surface area contributed by atoms with E-state index in [0.29, 0.717) is 33.9 Å². The average Bonchev–Trinajstić information content (AvgIpc) is 3.04. The fourth-order valence-electron chi connectivity index (χ4n) is 4.12. The molecule has 8 nitrogen and oxygen atoms in total. The molecule has 0 aliphatic carbocycles. The van der Waals surface area contributed by atoms with Crippen LogP contribution in [-0.2, 0) is 4.79 Å². The van der Waals surface area contributed by atoms with Crippen LogP contribution in [-0.4, -0.2) is 45.9 Å². The number of anilines is 2. The van der Waals surface area contributed by atoms with Crippen molar-refractivity contribution in [3.05, 3.63) is 131 Å².